The van der Waals surface area contributed by atoms with Crippen LogP contribution in [0.25, 0.3) is 0 Å². The number of carbonyl (C=O) groups is 1. The van der Waals surface area contributed by atoms with Crippen LogP contribution < -0.4 is 5.32 Å². The Labute approximate surface area is 99.0 Å². The summed E-state index contributed by atoms with van der Waals surface area (Å²) in [6.07, 6.45) is 3.92. The molecule has 92 valence electrons. The molecule has 1 fully saturated rings. The average Bonchev–Trinajstić information content (AvgIpc) is 2.60. The monoisotopic (exact) mass is 239 g/mol. The molecule has 2 rings (SSSR count). The van der Waals surface area contributed by atoms with Crippen molar-refractivity contribution in [3.8, 4) is 0 Å². The van der Waals surface area contributed by atoms with Crippen molar-refractivity contribution >= 4 is 5.78 Å². The first-order valence-corrected chi connectivity index (χ1v) is 5.91. The van der Waals surface area contributed by atoms with Crippen LogP contribution in [0.15, 0.2) is 18.2 Å². The Morgan fingerprint density at radius 1 is 1.18 bits per heavy atom. The van der Waals surface area contributed by atoms with Crippen molar-refractivity contribution in [2.24, 2.45) is 0 Å². The molecular weight excluding hydrogens is 224 g/mol. The molecule has 1 aromatic carbocycles. The van der Waals surface area contributed by atoms with Gasteiger partial charge in [0, 0.05) is 5.56 Å². The number of hydrogen-bond acceptors (Lipinski definition) is 2. The second-order valence-corrected chi connectivity index (χ2v) is 4.35. The minimum Gasteiger partial charge on any atom is -0.307 e. The third kappa shape index (κ3) is 2.88. The van der Waals surface area contributed by atoms with Gasteiger partial charge in [0.15, 0.2) is 17.4 Å². The van der Waals surface area contributed by atoms with Crippen molar-refractivity contribution in [2.75, 3.05) is 6.54 Å². The lowest BCUT2D eigenvalue weighted by molar-refractivity contribution is 0.0940. The Kier molecular flexibility index (Phi) is 3.84. The summed E-state index contributed by atoms with van der Waals surface area (Å²) in [5.41, 5.74) is 0.239. The molecule has 1 heterocycles. The molecule has 1 unspecified atom stereocenters. The number of ketones is 1. The second kappa shape index (κ2) is 5.36. The first kappa shape index (κ1) is 12.2. The first-order chi connectivity index (χ1) is 8.18. The van der Waals surface area contributed by atoms with Crippen LogP contribution in [0.5, 0.6) is 0 Å². The summed E-state index contributed by atoms with van der Waals surface area (Å²) in [6, 6.07) is 3.05. The molecule has 1 saturated heterocycles. The number of nitrogens with one attached hydrogen (secondary N) is 1. The normalized spacial score (nSPS) is 20.9. The summed E-state index contributed by atoms with van der Waals surface area (Å²) < 4.78 is 25.8. The van der Waals surface area contributed by atoms with Gasteiger partial charge in [-0.1, -0.05) is 12.8 Å². The van der Waals surface area contributed by atoms with Gasteiger partial charge in [-0.3, -0.25) is 4.79 Å². The van der Waals surface area contributed by atoms with Gasteiger partial charge in [0.1, 0.15) is 0 Å². The number of carbonyl (C=O) groups excluding carboxylic acids is 1. The van der Waals surface area contributed by atoms with Gasteiger partial charge in [-0.25, -0.2) is 8.78 Å². The number of benzene rings is 1. The molecule has 0 saturated carbocycles. The molecule has 0 aromatic heterocycles. The predicted molar refractivity (Wildman–Crippen MR) is 60.9 cm³/mol. The Bertz CT molecular complexity index is 412. The fourth-order valence-electron chi connectivity index (χ4n) is 2.10. The van der Waals surface area contributed by atoms with Crippen LogP contribution in [0.3, 0.4) is 0 Å². The smallest absolute Gasteiger partial charge is 0.179 e. The molecule has 1 aliphatic rings. The van der Waals surface area contributed by atoms with Gasteiger partial charge >= 0.3 is 0 Å². The fraction of sp³-hybridized carbons (Fsp3) is 0.462. The topological polar surface area (TPSA) is 29.1 Å². The highest BCUT2D eigenvalue weighted by Gasteiger charge is 2.21. The lowest BCUT2D eigenvalue weighted by Gasteiger charge is -2.14. The minimum absolute atomic E-state index is 0.147. The molecule has 1 aliphatic heterocycles. The molecule has 1 aromatic rings. The van der Waals surface area contributed by atoms with E-state index in [1.54, 1.807) is 0 Å². The van der Waals surface area contributed by atoms with Gasteiger partial charge in [0.25, 0.3) is 0 Å². The van der Waals surface area contributed by atoms with Crippen molar-refractivity contribution in [2.45, 2.75) is 31.7 Å². The van der Waals surface area contributed by atoms with E-state index in [2.05, 4.69) is 5.32 Å². The van der Waals surface area contributed by atoms with Gasteiger partial charge in [-0.2, -0.15) is 0 Å². The van der Waals surface area contributed by atoms with Crippen molar-refractivity contribution < 1.29 is 13.6 Å². The van der Waals surface area contributed by atoms with Crippen molar-refractivity contribution in [1.29, 1.82) is 0 Å². The maximum Gasteiger partial charge on any atom is 0.179 e. The Morgan fingerprint density at radius 3 is 2.76 bits per heavy atom. The number of hydrogen-bond donors (Lipinski definition) is 1. The summed E-state index contributed by atoms with van der Waals surface area (Å²) in [5, 5.41) is 3.15. The molecule has 17 heavy (non-hydrogen) atoms. The fourth-order valence-corrected chi connectivity index (χ4v) is 2.10. The van der Waals surface area contributed by atoms with Gasteiger partial charge in [0.2, 0.25) is 0 Å². The third-order valence-corrected chi connectivity index (χ3v) is 3.08. The molecular formula is C13H15F2NO. The summed E-state index contributed by atoms with van der Waals surface area (Å²) >= 11 is 0. The largest absolute Gasteiger partial charge is 0.307 e. The Hall–Kier alpha value is -1.29. The second-order valence-electron chi connectivity index (χ2n) is 4.35. The highest BCUT2D eigenvalue weighted by molar-refractivity contribution is 6.00. The molecule has 0 bridgehead atoms. The van der Waals surface area contributed by atoms with Crippen LogP contribution in [0.2, 0.25) is 0 Å². The van der Waals surface area contributed by atoms with E-state index in [-0.39, 0.29) is 17.4 Å². The minimum atomic E-state index is -0.968. The molecule has 0 aliphatic carbocycles. The molecule has 0 radical (unpaired) electrons. The van der Waals surface area contributed by atoms with Crippen LogP contribution in [0.4, 0.5) is 8.78 Å². The lowest BCUT2D eigenvalue weighted by atomic mass is 10.0. The van der Waals surface area contributed by atoms with Crippen LogP contribution in [-0.4, -0.2) is 18.4 Å². The van der Waals surface area contributed by atoms with E-state index >= 15 is 0 Å². The van der Waals surface area contributed by atoms with E-state index in [9.17, 15) is 13.6 Å². The van der Waals surface area contributed by atoms with E-state index in [0.717, 1.165) is 44.4 Å². The van der Waals surface area contributed by atoms with Gasteiger partial charge < -0.3 is 5.32 Å². The molecule has 2 nitrogen and oxygen atoms in total. The Balaban J connectivity index is 2.14. The van der Waals surface area contributed by atoms with E-state index in [4.69, 9.17) is 0 Å². The van der Waals surface area contributed by atoms with E-state index < -0.39 is 11.6 Å². The average molecular weight is 239 g/mol. The molecule has 0 amide bonds. The lowest BCUT2D eigenvalue weighted by Crippen LogP contribution is -2.36. The first-order valence-electron chi connectivity index (χ1n) is 5.91. The summed E-state index contributed by atoms with van der Waals surface area (Å²) in [6.45, 7) is 0.806. The van der Waals surface area contributed by atoms with Gasteiger partial charge in [0.05, 0.1) is 6.04 Å². The van der Waals surface area contributed by atoms with Crippen LogP contribution in [0, 0.1) is 11.6 Å². The highest BCUT2D eigenvalue weighted by Crippen LogP contribution is 2.15. The SMILES string of the molecule is O=C(c1ccc(F)c(F)c1)C1CCCCCN1. The molecule has 4 heteroatoms. The summed E-state index contributed by atoms with van der Waals surface area (Å²) in [7, 11) is 0. The van der Waals surface area contributed by atoms with Crippen molar-refractivity contribution in [3.05, 3.63) is 35.4 Å². The van der Waals surface area contributed by atoms with Crippen LogP contribution >= 0.6 is 0 Å². The van der Waals surface area contributed by atoms with E-state index in [0.29, 0.717) is 0 Å². The predicted octanol–water partition coefficient (Wildman–Crippen LogP) is 2.68. The standard InChI is InChI=1S/C13H15F2NO/c14-10-6-5-9(8-11(10)15)13(17)12-4-2-1-3-7-16-12/h5-6,8,12,16H,1-4,7H2. The third-order valence-electron chi connectivity index (χ3n) is 3.08. The number of halogens is 2. The maximum absolute atomic E-state index is 13.0. The van der Waals surface area contributed by atoms with E-state index in [1.807, 2.05) is 0 Å². The highest BCUT2D eigenvalue weighted by atomic mass is 19.2. The van der Waals surface area contributed by atoms with Gasteiger partial charge in [-0.15, -0.1) is 0 Å². The maximum atomic E-state index is 13.0. The zero-order chi connectivity index (χ0) is 12.3. The summed E-state index contributed by atoms with van der Waals surface area (Å²) in [5.74, 6) is -2.04. The van der Waals surface area contributed by atoms with Gasteiger partial charge in [-0.05, 0) is 37.6 Å². The zero-order valence-electron chi connectivity index (χ0n) is 9.51. The van der Waals surface area contributed by atoms with Crippen LogP contribution in [-0.2, 0) is 0 Å². The molecule has 0 spiro atoms. The number of rotatable bonds is 2. The quantitative estimate of drug-likeness (QED) is 0.804. The number of Topliss-reactive ketones (excluding diaryl/α,β-unsaturated/α-hetero) is 1. The Morgan fingerprint density at radius 2 is 2.00 bits per heavy atom. The van der Waals surface area contributed by atoms with Crippen molar-refractivity contribution in [3.63, 3.8) is 0 Å². The summed E-state index contributed by atoms with van der Waals surface area (Å²) in [4.78, 5) is 12.1. The molecule has 1 N–H and O–H groups in total. The van der Waals surface area contributed by atoms with E-state index in [1.165, 1.54) is 6.07 Å². The molecule has 1 atom stereocenters. The zero-order valence-corrected chi connectivity index (χ0v) is 9.51. The van der Waals surface area contributed by atoms with Crippen LogP contribution in [0.1, 0.15) is 36.0 Å². The van der Waals surface area contributed by atoms with Crippen molar-refractivity contribution in [1.82, 2.24) is 5.32 Å².